The average molecular weight is 266 g/mol. The highest BCUT2D eigenvalue weighted by Gasteiger charge is 2.25. The fourth-order valence-corrected chi connectivity index (χ4v) is 3.28. The van der Waals surface area contributed by atoms with Crippen molar-refractivity contribution in [2.45, 2.75) is 36.7 Å². The van der Waals surface area contributed by atoms with Crippen LogP contribution in [-0.2, 0) is 0 Å². The summed E-state index contributed by atoms with van der Waals surface area (Å²) in [6.45, 7) is 4.05. The molecule has 0 saturated carbocycles. The van der Waals surface area contributed by atoms with Crippen molar-refractivity contribution >= 4 is 23.4 Å². The first-order valence-corrected chi connectivity index (χ1v) is 7.06. The number of terminal acetylenes is 1. The molecule has 1 aromatic carbocycles. The highest BCUT2D eigenvalue weighted by atomic mass is 35.5. The SMILES string of the molecule is C#CC(C)(C)NC1CCSc2ccc(Cl)cc21. The van der Waals surface area contributed by atoms with Gasteiger partial charge in [0.25, 0.3) is 0 Å². The molecule has 17 heavy (non-hydrogen) atoms. The summed E-state index contributed by atoms with van der Waals surface area (Å²) in [4.78, 5) is 1.31. The molecular weight excluding hydrogens is 250 g/mol. The molecule has 1 aliphatic rings. The first kappa shape index (κ1) is 12.8. The first-order valence-electron chi connectivity index (χ1n) is 5.69. The topological polar surface area (TPSA) is 12.0 Å². The Balaban J connectivity index is 2.29. The van der Waals surface area contributed by atoms with Gasteiger partial charge in [-0.15, -0.1) is 18.2 Å². The van der Waals surface area contributed by atoms with Crippen LogP contribution in [-0.4, -0.2) is 11.3 Å². The van der Waals surface area contributed by atoms with E-state index in [1.807, 2.05) is 37.7 Å². The van der Waals surface area contributed by atoms with E-state index >= 15 is 0 Å². The van der Waals surface area contributed by atoms with Crippen molar-refractivity contribution in [1.82, 2.24) is 5.32 Å². The molecule has 0 aliphatic carbocycles. The second kappa shape index (κ2) is 4.94. The minimum absolute atomic E-state index is 0.285. The predicted molar refractivity (Wildman–Crippen MR) is 75.6 cm³/mol. The molecule has 0 radical (unpaired) electrons. The zero-order valence-electron chi connectivity index (χ0n) is 10.1. The molecule has 0 spiro atoms. The molecule has 1 nitrogen and oxygen atoms in total. The van der Waals surface area contributed by atoms with Crippen LogP contribution >= 0.6 is 23.4 Å². The van der Waals surface area contributed by atoms with Gasteiger partial charge in [-0.1, -0.05) is 17.5 Å². The third-order valence-electron chi connectivity index (χ3n) is 2.91. The summed E-state index contributed by atoms with van der Waals surface area (Å²) in [6, 6.07) is 6.39. The van der Waals surface area contributed by atoms with Crippen LogP contribution in [0.1, 0.15) is 31.9 Å². The molecule has 2 rings (SSSR count). The van der Waals surface area contributed by atoms with Crippen LogP contribution < -0.4 is 5.32 Å². The van der Waals surface area contributed by atoms with Crippen LogP contribution in [0.15, 0.2) is 23.1 Å². The van der Waals surface area contributed by atoms with E-state index in [-0.39, 0.29) is 5.54 Å². The second-order valence-corrected chi connectivity index (χ2v) is 6.36. The lowest BCUT2D eigenvalue weighted by Crippen LogP contribution is -2.41. The summed E-state index contributed by atoms with van der Waals surface area (Å²) in [6.07, 6.45) is 6.62. The van der Waals surface area contributed by atoms with Gasteiger partial charge in [-0.2, -0.15) is 0 Å². The monoisotopic (exact) mass is 265 g/mol. The highest BCUT2D eigenvalue weighted by Crippen LogP contribution is 2.38. The lowest BCUT2D eigenvalue weighted by Gasteiger charge is -2.32. The number of nitrogens with one attached hydrogen (secondary N) is 1. The van der Waals surface area contributed by atoms with Crippen molar-refractivity contribution in [2.75, 3.05) is 5.75 Å². The molecular formula is C14H16ClNS. The maximum Gasteiger partial charge on any atom is 0.0746 e. The molecule has 0 fully saturated rings. The molecule has 90 valence electrons. The van der Waals surface area contributed by atoms with Crippen LogP contribution in [0.5, 0.6) is 0 Å². The number of benzene rings is 1. The van der Waals surface area contributed by atoms with Gasteiger partial charge in [0, 0.05) is 16.0 Å². The molecule has 1 atom stereocenters. The van der Waals surface area contributed by atoms with Gasteiger partial charge < -0.3 is 0 Å². The van der Waals surface area contributed by atoms with Crippen molar-refractivity contribution in [3.05, 3.63) is 28.8 Å². The first-order chi connectivity index (χ1) is 8.02. The molecule has 1 aromatic rings. The van der Waals surface area contributed by atoms with Crippen LogP contribution in [0.2, 0.25) is 5.02 Å². The minimum atomic E-state index is -0.285. The summed E-state index contributed by atoms with van der Waals surface area (Å²) >= 11 is 7.95. The summed E-state index contributed by atoms with van der Waals surface area (Å²) in [5, 5.41) is 4.31. The molecule has 0 aromatic heterocycles. The van der Waals surface area contributed by atoms with Gasteiger partial charge in [-0.05, 0) is 49.8 Å². The molecule has 3 heteroatoms. The third kappa shape index (κ3) is 2.98. The molecule has 0 amide bonds. The molecule has 0 bridgehead atoms. The highest BCUT2D eigenvalue weighted by molar-refractivity contribution is 7.99. The number of rotatable bonds is 2. The number of fused-ring (bicyclic) bond motifs is 1. The van der Waals surface area contributed by atoms with E-state index in [4.69, 9.17) is 18.0 Å². The van der Waals surface area contributed by atoms with Gasteiger partial charge in [0.15, 0.2) is 0 Å². The predicted octanol–water partition coefficient (Wildman–Crippen LogP) is 3.88. The second-order valence-electron chi connectivity index (χ2n) is 4.79. The standard InChI is InChI=1S/C14H16ClNS/c1-4-14(2,3)16-12-7-8-17-13-6-5-10(15)9-11(12)13/h1,5-6,9,12,16H,7-8H2,2-3H3. The quantitative estimate of drug-likeness (QED) is 0.815. The van der Waals surface area contributed by atoms with Crippen molar-refractivity contribution in [3.63, 3.8) is 0 Å². The summed E-state index contributed by atoms with van der Waals surface area (Å²) in [5.41, 5.74) is 0.990. The Hall–Kier alpha value is -0.620. The smallest absolute Gasteiger partial charge is 0.0746 e. The van der Waals surface area contributed by atoms with Crippen LogP contribution in [0.25, 0.3) is 0 Å². The fraction of sp³-hybridized carbons (Fsp3) is 0.429. The summed E-state index contributed by atoms with van der Waals surface area (Å²) in [7, 11) is 0. The van der Waals surface area contributed by atoms with Crippen LogP contribution in [0.4, 0.5) is 0 Å². The zero-order chi connectivity index (χ0) is 12.5. The Morgan fingerprint density at radius 2 is 2.29 bits per heavy atom. The largest absolute Gasteiger partial charge is 0.295 e. The Morgan fingerprint density at radius 1 is 1.53 bits per heavy atom. The summed E-state index contributed by atoms with van der Waals surface area (Å²) < 4.78 is 0. The van der Waals surface area contributed by atoms with E-state index in [1.165, 1.54) is 10.5 Å². The number of hydrogen-bond donors (Lipinski definition) is 1. The lowest BCUT2D eigenvalue weighted by molar-refractivity contribution is 0.399. The van der Waals surface area contributed by atoms with E-state index in [1.54, 1.807) is 0 Å². The van der Waals surface area contributed by atoms with Crippen LogP contribution in [0.3, 0.4) is 0 Å². The molecule has 1 N–H and O–H groups in total. The van der Waals surface area contributed by atoms with Crippen molar-refractivity contribution in [3.8, 4) is 12.3 Å². The van der Waals surface area contributed by atoms with E-state index in [9.17, 15) is 0 Å². The van der Waals surface area contributed by atoms with Gasteiger partial charge in [0.2, 0.25) is 0 Å². The maximum absolute atomic E-state index is 6.07. The van der Waals surface area contributed by atoms with Gasteiger partial charge in [0.1, 0.15) is 0 Å². The molecule has 1 aliphatic heterocycles. The van der Waals surface area contributed by atoms with Crippen molar-refractivity contribution in [1.29, 1.82) is 0 Å². The van der Waals surface area contributed by atoms with Crippen molar-refractivity contribution < 1.29 is 0 Å². The zero-order valence-corrected chi connectivity index (χ0v) is 11.7. The van der Waals surface area contributed by atoms with Gasteiger partial charge in [-0.25, -0.2) is 0 Å². The van der Waals surface area contributed by atoms with E-state index < -0.39 is 0 Å². The number of thioether (sulfide) groups is 1. The van der Waals surface area contributed by atoms with Crippen molar-refractivity contribution in [2.24, 2.45) is 0 Å². The Labute approximate surface area is 112 Å². The van der Waals surface area contributed by atoms with Crippen LogP contribution in [0, 0.1) is 12.3 Å². The molecule has 1 unspecified atom stereocenters. The minimum Gasteiger partial charge on any atom is -0.295 e. The van der Waals surface area contributed by atoms with E-state index in [0.717, 1.165) is 17.2 Å². The third-order valence-corrected chi connectivity index (χ3v) is 4.26. The number of hydrogen-bond acceptors (Lipinski definition) is 2. The van der Waals surface area contributed by atoms with E-state index in [2.05, 4.69) is 17.3 Å². The Bertz CT molecular complexity index is 462. The Morgan fingerprint density at radius 3 is 3.00 bits per heavy atom. The fourth-order valence-electron chi connectivity index (χ4n) is 1.99. The number of halogens is 1. The van der Waals surface area contributed by atoms with E-state index in [0.29, 0.717) is 6.04 Å². The molecule has 0 saturated heterocycles. The Kier molecular flexibility index (Phi) is 3.73. The molecule has 1 heterocycles. The average Bonchev–Trinajstić information content (AvgIpc) is 2.30. The summed E-state index contributed by atoms with van der Waals surface area (Å²) in [5.74, 6) is 3.90. The van der Waals surface area contributed by atoms with Gasteiger partial charge in [0.05, 0.1) is 5.54 Å². The lowest BCUT2D eigenvalue weighted by atomic mass is 9.98. The normalized spacial score (nSPS) is 19.5. The van der Waals surface area contributed by atoms with Gasteiger partial charge in [-0.3, -0.25) is 5.32 Å². The maximum atomic E-state index is 6.07. The van der Waals surface area contributed by atoms with Gasteiger partial charge >= 0.3 is 0 Å².